The summed E-state index contributed by atoms with van der Waals surface area (Å²) in [4.78, 5) is 23.7. The third-order valence-corrected chi connectivity index (χ3v) is 4.27. The van der Waals surface area contributed by atoms with E-state index in [1.807, 2.05) is 6.07 Å². The summed E-state index contributed by atoms with van der Waals surface area (Å²) >= 11 is 6.13. The van der Waals surface area contributed by atoms with Crippen molar-refractivity contribution in [3.63, 3.8) is 0 Å². The van der Waals surface area contributed by atoms with E-state index in [2.05, 4.69) is 5.32 Å². The van der Waals surface area contributed by atoms with Crippen LogP contribution in [0.3, 0.4) is 0 Å². The lowest BCUT2D eigenvalue weighted by Gasteiger charge is -2.01. The maximum atomic E-state index is 11.6. The summed E-state index contributed by atoms with van der Waals surface area (Å²) in [5, 5.41) is 2.55. The number of carbonyl (C=O) groups excluding carboxylic acids is 2. The Hall–Kier alpha value is -2.38. The molecule has 1 aliphatic rings. The molecule has 1 aromatic heterocycles. The Morgan fingerprint density at radius 3 is 2.87 bits per heavy atom. The standard InChI is InChI=1S/C16H11NO4S2/c1-20-15(19)10-4-2-3-9(7-10)12-6-5-11(21-12)8-13-14(18)17-16(22)23-13/h2-8H,1H3,(H,17,18,22)/b13-8-. The van der Waals surface area contributed by atoms with Crippen LogP contribution in [0.15, 0.2) is 45.7 Å². The summed E-state index contributed by atoms with van der Waals surface area (Å²) in [6.45, 7) is 0. The zero-order valence-corrected chi connectivity index (χ0v) is 13.6. The van der Waals surface area contributed by atoms with Crippen molar-refractivity contribution in [3.8, 4) is 11.3 Å². The van der Waals surface area contributed by atoms with Crippen LogP contribution in [0.1, 0.15) is 16.1 Å². The number of hydrogen-bond donors (Lipinski definition) is 1. The fourth-order valence-corrected chi connectivity index (χ4v) is 3.08. The molecule has 1 fully saturated rings. The largest absolute Gasteiger partial charge is 0.465 e. The van der Waals surface area contributed by atoms with Crippen molar-refractivity contribution in [2.45, 2.75) is 0 Å². The van der Waals surface area contributed by atoms with E-state index in [1.54, 1.807) is 36.4 Å². The fraction of sp³-hybridized carbons (Fsp3) is 0.0625. The van der Waals surface area contributed by atoms with Crippen molar-refractivity contribution in [1.82, 2.24) is 5.32 Å². The average Bonchev–Trinajstić information content (AvgIpc) is 3.14. The highest BCUT2D eigenvalue weighted by atomic mass is 32.2. The van der Waals surface area contributed by atoms with Crippen molar-refractivity contribution >= 4 is 46.3 Å². The average molecular weight is 345 g/mol. The van der Waals surface area contributed by atoms with Gasteiger partial charge >= 0.3 is 5.97 Å². The Morgan fingerprint density at radius 1 is 1.35 bits per heavy atom. The van der Waals surface area contributed by atoms with Crippen molar-refractivity contribution in [2.24, 2.45) is 0 Å². The van der Waals surface area contributed by atoms with Gasteiger partial charge in [-0.2, -0.15) is 0 Å². The third-order valence-electron chi connectivity index (χ3n) is 3.11. The molecule has 1 amide bonds. The van der Waals surface area contributed by atoms with Gasteiger partial charge in [0.15, 0.2) is 0 Å². The van der Waals surface area contributed by atoms with Gasteiger partial charge in [0, 0.05) is 11.6 Å². The second-order valence-corrected chi connectivity index (χ2v) is 6.35. The zero-order chi connectivity index (χ0) is 16.4. The second kappa shape index (κ2) is 6.39. The summed E-state index contributed by atoms with van der Waals surface area (Å²) in [6.07, 6.45) is 1.63. The minimum absolute atomic E-state index is 0.231. The number of amides is 1. The van der Waals surface area contributed by atoms with Gasteiger partial charge in [0.2, 0.25) is 0 Å². The number of hydrogen-bond acceptors (Lipinski definition) is 6. The Balaban J connectivity index is 1.88. The van der Waals surface area contributed by atoms with Gasteiger partial charge in [-0.25, -0.2) is 4.79 Å². The van der Waals surface area contributed by atoms with E-state index in [4.69, 9.17) is 21.4 Å². The van der Waals surface area contributed by atoms with Crippen LogP contribution in [0.25, 0.3) is 17.4 Å². The van der Waals surface area contributed by atoms with Crippen LogP contribution in [0, 0.1) is 0 Å². The number of benzene rings is 1. The van der Waals surface area contributed by atoms with Gasteiger partial charge in [-0.3, -0.25) is 4.79 Å². The molecule has 2 heterocycles. The lowest BCUT2D eigenvalue weighted by molar-refractivity contribution is -0.115. The first-order valence-corrected chi connectivity index (χ1v) is 7.83. The molecule has 0 radical (unpaired) electrons. The molecule has 116 valence electrons. The monoisotopic (exact) mass is 345 g/mol. The van der Waals surface area contributed by atoms with Crippen molar-refractivity contribution in [2.75, 3.05) is 7.11 Å². The van der Waals surface area contributed by atoms with Gasteiger partial charge in [0.05, 0.1) is 17.6 Å². The lowest BCUT2D eigenvalue weighted by atomic mass is 10.1. The Kier molecular flexibility index (Phi) is 4.31. The molecule has 1 aliphatic heterocycles. The molecule has 1 saturated heterocycles. The number of methoxy groups -OCH3 is 1. The van der Waals surface area contributed by atoms with Gasteiger partial charge in [-0.1, -0.05) is 36.1 Å². The number of furan rings is 1. The number of thiocarbonyl (C=S) groups is 1. The van der Waals surface area contributed by atoms with Gasteiger partial charge in [0.1, 0.15) is 15.8 Å². The molecule has 0 bridgehead atoms. The van der Waals surface area contributed by atoms with Crippen LogP contribution in [0.2, 0.25) is 0 Å². The highest BCUT2D eigenvalue weighted by Gasteiger charge is 2.22. The van der Waals surface area contributed by atoms with Crippen LogP contribution < -0.4 is 5.32 Å². The van der Waals surface area contributed by atoms with E-state index in [-0.39, 0.29) is 5.91 Å². The number of esters is 1. The Labute approximate surface area is 141 Å². The second-order valence-electron chi connectivity index (χ2n) is 4.63. The minimum Gasteiger partial charge on any atom is -0.465 e. The minimum atomic E-state index is -0.409. The number of rotatable bonds is 3. The predicted molar refractivity (Wildman–Crippen MR) is 91.8 cm³/mol. The van der Waals surface area contributed by atoms with Crippen molar-refractivity contribution < 1.29 is 18.7 Å². The first-order chi connectivity index (χ1) is 11.1. The molecule has 5 nitrogen and oxygen atoms in total. The van der Waals surface area contributed by atoms with Gasteiger partial charge in [-0.15, -0.1) is 0 Å². The normalized spacial score (nSPS) is 15.8. The summed E-state index contributed by atoms with van der Waals surface area (Å²) < 4.78 is 10.9. The summed E-state index contributed by atoms with van der Waals surface area (Å²) in [5.41, 5.74) is 1.19. The number of thioether (sulfide) groups is 1. The summed E-state index contributed by atoms with van der Waals surface area (Å²) in [7, 11) is 1.33. The molecule has 2 aromatic rings. The van der Waals surface area contributed by atoms with E-state index in [1.165, 1.54) is 18.9 Å². The van der Waals surface area contributed by atoms with Crippen LogP contribution >= 0.6 is 24.0 Å². The smallest absolute Gasteiger partial charge is 0.337 e. The highest BCUT2D eigenvalue weighted by Crippen LogP contribution is 2.29. The number of ether oxygens (including phenoxy) is 1. The first-order valence-electron chi connectivity index (χ1n) is 6.60. The first kappa shape index (κ1) is 15.5. The van der Waals surface area contributed by atoms with Crippen LogP contribution in [-0.4, -0.2) is 23.3 Å². The summed E-state index contributed by atoms with van der Waals surface area (Å²) in [6, 6.07) is 10.5. The van der Waals surface area contributed by atoms with Gasteiger partial charge in [-0.05, 0) is 24.3 Å². The molecule has 23 heavy (non-hydrogen) atoms. The molecular formula is C16H11NO4S2. The van der Waals surface area contributed by atoms with E-state index in [0.29, 0.717) is 26.3 Å². The summed E-state index contributed by atoms with van der Waals surface area (Å²) in [5.74, 6) is 0.485. The van der Waals surface area contributed by atoms with E-state index >= 15 is 0 Å². The molecule has 1 N–H and O–H groups in total. The lowest BCUT2D eigenvalue weighted by Crippen LogP contribution is -2.17. The van der Waals surface area contributed by atoms with Crippen LogP contribution in [-0.2, 0) is 9.53 Å². The Morgan fingerprint density at radius 2 is 2.17 bits per heavy atom. The molecule has 0 atom stereocenters. The number of carbonyl (C=O) groups is 2. The molecule has 7 heteroatoms. The van der Waals surface area contributed by atoms with E-state index in [0.717, 1.165) is 5.56 Å². The van der Waals surface area contributed by atoms with Gasteiger partial charge in [0.25, 0.3) is 5.91 Å². The molecule has 3 rings (SSSR count). The number of nitrogens with one attached hydrogen (secondary N) is 1. The third kappa shape index (κ3) is 3.35. The van der Waals surface area contributed by atoms with Crippen molar-refractivity contribution in [3.05, 3.63) is 52.6 Å². The predicted octanol–water partition coefficient (Wildman–Crippen LogP) is 3.22. The quantitative estimate of drug-likeness (QED) is 0.523. The molecule has 0 unspecified atom stereocenters. The maximum absolute atomic E-state index is 11.6. The molecule has 1 aromatic carbocycles. The van der Waals surface area contributed by atoms with Crippen molar-refractivity contribution in [1.29, 1.82) is 0 Å². The van der Waals surface area contributed by atoms with E-state index < -0.39 is 5.97 Å². The zero-order valence-electron chi connectivity index (χ0n) is 12.0. The maximum Gasteiger partial charge on any atom is 0.337 e. The van der Waals surface area contributed by atoms with Crippen LogP contribution in [0.5, 0.6) is 0 Å². The topological polar surface area (TPSA) is 68.5 Å². The molecule has 0 aliphatic carbocycles. The molecule has 0 saturated carbocycles. The SMILES string of the molecule is COC(=O)c1cccc(-c2ccc(/C=C3\SC(=S)NC3=O)o2)c1. The van der Waals surface area contributed by atoms with Gasteiger partial charge < -0.3 is 14.5 Å². The highest BCUT2D eigenvalue weighted by molar-refractivity contribution is 8.26. The van der Waals surface area contributed by atoms with E-state index in [9.17, 15) is 9.59 Å². The Bertz CT molecular complexity index is 838. The molecule has 0 spiro atoms. The molecular weight excluding hydrogens is 334 g/mol. The fourth-order valence-electron chi connectivity index (χ4n) is 2.05. The van der Waals surface area contributed by atoms with Crippen LogP contribution in [0.4, 0.5) is 0 Å².